The molecule has 3 rings (SSSR count). The summed E-state index contributed by atoms with van der Waals surface area (Å²) < 4.78 is 10.7. The molecule has 7 nitrogen and oxygen atoms in total. The first-order chi connectivity index (χ1) is 16.4. The second-order valence-corrected chi connectivity index (χ2v) is 7.60. The van der Waals surface area contributed by atoms with Crippen LogP contribution in [0.2, 0.25) is 5.02 Å². The second kappa shape index (κ2) is 11.5. The molecular weight excluding hydrogens is 454 g/mol. The lowest BCUT2D eigenvalue weighted by Crippen LogP contribution is -2.20. The highest BCUT2D eigenvalue weighted by molar-refractivity contribution is 6.31. The van der Waals surface area contributed by atoms with Gasteiger partial charge in [-0.15, -0.1) is 0 Å². The number of hydrogen-bond donors (Lipinski definition) is 2. The van der Waals surface area contributed by atoms with Crippen molar-refractivity contribution in [3.05, 3.63) is 88.5 Å². The maximum absolute atomic E-state index is 12.6. The molecule has 0 aliphatic heterocycles. The summed E-state index contributed by atoms with van der Waals surface area (Å²) in [5, 5.41) is 15.5. The van der Waals surface area contributed by atoms with Crippen molar-refractivity contribution in [1.29, 1.82) is 5.26 Å². The minimum absolute atomic E-state index is 0.120. The molecule has 0 aromatic heterocycles. The monoisotopic (exact) mass is 475 g/mol. The first-order valence-corrected chi connectivity index (χ1v) is 10.6. The fourth-order valence-corrected chi connectivity index (χ4v) is 3.10. The van der Waals surface area contributed by atoms with Crippen molar-refractivity contribution in [1.82, 2.24) is 0 Å². The number of anilines is 2. The van der Waals surface area contributed by atoms with Crippen molar-refractivity contribution in [3.8, 4) is 17.6 Å². The molecule has 0 radical (unpaired) electrons. The van der Waals surface area contributed by atoms with Gasteiger partial charge in [0.2, 0.25) is 0 Å². The van der Waals surface area contributed by atoms with Crippen LogP contribution in [0.25, 0.3) is 6.08 Å². The maximum atomic E-state index is 12.6. The van der Waals surface area contributed by atoms with Gasteiger partial charge < -0.3 is 20.1 Å². The number of amides is 2. The third kappa shape index (κ3) is 6.61. The van der Waals surface area contributed by atoms with Gasteiger partial charge in [0.25, 0.3) is 11.8 Å². The first-order valence-electron chi connectivity index (χ1n) is 10.2. The number of carbonyl (C=O) groups excluding carboxylic acids is 2. The zero-order chi connectivity index (χ0) is 24.5. The van der Waals surface area contributed by atoms with Crippen LogP contribution < -0.4 is 20.1 Å². The highest BCUT2D eigenvalue weighted by atomic mass is 35.5. The molecule has 0 spiro atoms. The highest BCUT2D eigenvalue weighted by Crippen LogP contribution is 2.23. The predicted octanol–water partition coefficient (Wildman–Crippen LogP) is 5.22. The minimum Gasteiger partial charge on any atom is -0.497 e. The second-order valence-electron chi connectivity index (χ2n) is 7.19. The number of hydrogen-bond acceptors (Lipinski definition) is 5. The average Bonchev–Trinajstić information content (AvgIpc) is 2.84. The number of para-hydroxylation sites is 1. The van der Waals surface area contributed by atoms with Crippen molar-refractivity contribution in [2.75, 3.05) is 24.4 Å². The lowest BCUT2D eigenvalue weighted by molar-refractivity contribution is -0.118. The number of benzene rings is 3. The van der Waals surface area contributed by atoms with E-state index in [4.69, 9.17) is 21.1 Å². The average molecular weight is 476 g/mol. The number of nitrogens with one attached hydrogen (secondary N) is 2. The van der Waals surface area contributed by atoms with Crippen LogP contribution in [0.3, 0.4) is 0 Å². The Hall–Kier alpha value is -4.28. The van der Waals surface area contributed by atoms with Gasteiger partial charge in [-0.05, 0) is 61.0 Å². The van der Waals surface area contributed by atoms with E-state index in [0.29, 0.717) is 33.5 Å². The van der Waals surface area contributed by atoms with E-state index >= 15 is 0 Å². The number of nitriles is 1. The van der Waals surface area contributed by atoms with E-state index in [1.807, 2.05) is 13.0 Å². The first kappa shape index (κ1) is 24.4. The summed E-state index contributed by atoms with van der Waals surface area (Å²) in [6.45, 7) is 1.60. The summed E-state index contributed by atoms with van der Waals surface area (Å²) in [6, 6.07) is 20.7. The summed E-state index contributed by atoms with van der Waals surface area (Å²) in [4.78, 5) is 24.9. The standard InChI is InChI=1S/C26H22ClN3O4/c1-17-7-8-21(14-23(17)27)29-25(31)16-34-24-6-4-3-5-18(24)13-19(15-28)26(32)30-20-9-11-22(33-2)12-10-20/h3-14H,16H2,1-2H3,(H,29,31)(H,30,32)/b19-13-. The molecule has 0 aliphatic carbocycles. The SMILES string of the molecule is COc1ccc(NC(=O)/C(C#N)=C\c2ccccc2OCC(=O)Nc2ccc(C)c(Cl)c2)cc1. The summed E-state index contributed by atoms with van der Waals surface area (Å²) in [5.41, 5.74) is 2.34. The molecule has 3 aromatic rings. The number of halogens is 1. The van der Waals surface area contributed by atoms with Gasteiger partial charge in [0.1, 0.15) is 23.1 Å². The molecule has 0 unspecified atom stereocenters. The Labute approximate surface area is 202 Å². The van der Waals surface area contributed by atoms with Crippen molar-refractivity contribution in [2.24, 2.45) is 0 Å². The molecule has 2 amide bonds. The van der Waals surface area contributed by atoms with Crippen LogP contribution in [0.1, 0.15) is 11.1 Å². The Morgan fingerprint density at radius 3 is 2.41 bits per heavy atom. The Kier molecular flexibility index (Phi) is 8.27. The summed E-state index contributed by atoms with van der Waals surface area (Å²) in [7, 11) is 1.55. The van der Waals surface area contributed by atoms with E-state index in [9.17, 15) is 14.9 Å². The van der Waals surface area contributed by atoms with Gasteiger partial charge in [-0.1, -0.05) is 35.9 Å². The van der Waals surface area contributed by atoms with E-state index in [0.717, 1.165) is 5.56 Å². The van der Waals surface area contributed by atoms with Crippen LogP contribution in [0.5, 0.6) is 11.5 Å². The van der Waals surface area contributed by atoms with Gasteiger partial charge in [0.15, 0.2) is 6.61 Å². The van der Waals surface area contributed by atoms with Gasteiger partial charge >= 0.3 is 0 Å². The van der Waals surface area contributed by atoms with Gasteiger partial charge in [-0.3, -0.25) is 9.59 Å². The number of nitrogens with zero attached hydrogens (tertiary/aromatic N) is 1. The Morgan fingerprint density at radius 1 is 1.03 bits per heavy atom. The van der Waals surface area contributed by atoms with E-state index in [1.54, 1.807) is 73.8 Å². The number of methoxy groups -OCH3 is 1. The normalized spacial score (nSPS) is 10.7. The van der Waals surface area contributed by atoms with Gasteiger partial charge in [0.05, 0.1) is 7.11 Å². The van der Waals surface area contributed by atoms with Crippen molar-refractivity contribution in [2.45, 2.75) is 6.92 Å². The topological polar surface area (TPSA) is 100 Å². The lowest BCUT2D eigenvalue weighted by atomic mass is 10.1. The Morgan fingerprint density at radius 2 is 1.74 bits per heavy atom. The largest absolute Gasteiger partial charge is 0.497 e. The summed E-state index contributed by atoms with van der Waals surface area (Å²) >= 11 is 6.09. The van der Waals surface area contributed by atoms with Crippen LogP contribution in [0, 0.1) is 18.3 Å². The van der Waals surface area contributed by atoms with Crippen LogP contribution in [0.4, 0.5) is 11.4 Å². The molecule has 0 saturated heterocycles. The fourth-order valence-electron chi connectivity index (χ4n) is 2.92. The molecule has 0 heterocycles. The number of rotatable bonds is 8. The van der Waals surface area contributed by atoms with Crippen molar-refractivity contribution >= 4 is 40.9 Å². The lowest BCUT2D eigenvalue weighted by Gasteiger charge is -2.11. The number of carbonyl (C=O) groups is 2. The highest BCUT2D eigenvalue weighted by Gasteiger charge is 2.12. The third-order valence-electron chi connectivity index (χ3n) is 4.75. The smallest absolute Gasteiger partial charge is 0.266 e. The van der Waals surface area contributed by atoms with Crippen LogP contribution in [-0.4, -0.2) is 25.5 Å². The van der Waals surface area contributed by atoms with E-state index < -0.39 is 5.91 Å². The van der Waals surface area contributed by atoms with Gasteiger partial charge in [-0.25, -0.2) is 0 Å². The maximum Gasteiger partial charge on any atom is 0.266 e. The number of aryl methyl sites for hydroxylation is 1. The van der Waals surface area contributed by atoms with Gasteiger partial charge in [0, 0.05) is 22.0 Å². The predicted molar refractivity (Wildman–Crippen MR) is 132 cm³/mol. The minimum atomic E-state index is -0.573. The molecule has 0 bridgehead atoms. The van der Waals surface area contributed by atoms with Crippen molar-refractivity contribution < 1.29 is 19.1 Å². The molecule has 172 valence electrons. The molecule has 3 aromatic carbocycles. The van der Waals surface area contributed by atoms with Gasteiger partial charge in [-0.2, -0.15) is 5.26 Å². The van der Waals surface area contributed by atoms with Crippen LogP contribution in [-0.2, 0) is 9.59 Å². The molecular formula is C26H22ClN3O4. The van der Waals surface area contributed by atoms with E-state index in [1.165, 1.54) is 6.08 Å². The molecule has 34 heavy (non-hydrogen) atoms. The molecule has 0 saturated carbocycles. The quantitative estimate of drug-likeness (QED) is 0.343. The zero-order valence-electron chi connectivity index (χ0n) is 18.6. The molecule has 0 atom stereocenters. The van der Waals surface area contributed by atoms with E-state index in [-0.39, 0.29) is 18.1 Å². The molecule has 2 N–H and O–H groups in total. The Bertz CT molecular complexity index is 1260. The van der Waals surface area contributed by atoms with Crippen LogP contribution in [0.15, 0.2) is 72.3 Å². The molecule has 0 fully saturated rings. The Balaban J connectivity index is 1.68. The zero-order valence-corrected chi connectivity index (χ0v) is 19.3. The number of ether oxygens (including phenoxy) is 2. The third-order valence-corrected chi connectivity index (χ3v) is 5.15. The summed E-state index contributed by atoms with van der Waals surface area (Å²) in [6.07, 6.45) is 1.41. The molecule has 0 aliphatic rings. The molecule has 8 heteroatoms. The fraction of sp³-hybridized carbons (Fsp3) is 0.115. The van der Waals surface area contributed by atoms with Crippen LogP contribution >= 0.6 is 11.6 Å². The summed E-state index contributed by atoms with van der Waals surface area (Å²) in [5.74, 6) is 0.0483. The van der Waals surface area contributed by atoms with Crippen molar-refractivity contribution in [3.63, 3.8) is 0 Å². The van der Waals surface area contributed by atoms with E-state index in [2.05, 4.69) is 10.6 Å².